The minimum absolute atomic E-state index is 0.301. The number of benzene rings is 2. The molecule has 26 heavy (non-hydrogen) atoms. The lowest BCUT2D eigenvalue weighted by atomic mass is 10.1. The van der Waals surface area contributed by atoms with Gasteiger partial charge in [-0.2, -0.15) is 5.10 Å². The van der Waals surface area contributed by atoms with Crippen molar-refractivity contribution in [1.82, 2.24) is 4.68 Å². The van der Waals surface area contributed by atoms with Gasteiger partial charge in [-0.1, -0.05) is 60.2 Å². The molecule has 2 aromatic carbocycles. The minimum atomic E-state index is -0.301. The fraction of sp³-hybridized carbons (Fsp3) is 0.143. The summed E-state index contributed by atoms with van der Waals surface area (Å²) in [5, 5.41) is 6.53. The van der Waals surface area contributed by atoms with E-state index in [1.807, 2.05) is 12.3 Å². The Bertz CT molecular complexity index is 1010. The van der Waals surface area contributed by atoms with Crippen LogP contribution in [0.1, 0.15) is 18.1 Å². The summed E-state index contributed by atoms with van der Waals surface area (Å²) in [4.78, 5) is 5.33. The summed E-state index contributed by atoms with van der Waals surface area (Å²) in [5.74, 6) is -0.301. The van der Waals surface area contributed by atoms with Gasteiger partial charge in [0.1, 0.15) is 5.82 Å². The number of rotatable bonds is 5. The average molecular weight is 365 g/mol. The van der Waals surface area contributed by atoms with Crippen molar-refractivity contribution in [3.63, 3.8) is 0 Å². The first-order chi connectivity index (χ1) is 12.5. The van der Waals surface area contributed by atoms with E-state index in [-0.39, 0.29) is 5.82 Å². The van der Waals surface area contributed by atoms with E-state index >= 15 is 0 Å². The average Bonchev–Trinajstić information content (AvgIpc) is 3.03. The molecular weight excluding hydrogens is 345 g/mol. The molecule has 0 aliphatic rings. The molecule has 0 N–H and O–H groups in total. The lowest BCUT2D eigenvalue weighted by Crippen LogP contribution is -2.13. The van der Waals surface area contributed by atoms with Crippen LogP contribution in [0.4, 0.5) is 4.39 Å². The number of aryl methyl sites for hydroxylation is 1. The van der Waals surface area contributed by atoms with Gasteiger partial charge in [0, 0.05) is 16.5 Å². The van der Waals surface area contributed by atoms with Gasteiger partial charge in [-0.3, -0.25) is 4.99 Å². The first-order valence-electron chi connectivity index (χ1n) is 8.26. The largest absolute Gasteiger partial charge is 0.253 e. The standard InChI is InChI=1S/C21H20FN3S/c1-15(2)12-23-21-25(24-13-18-6-4-5-7-19(18)22)20(14-26-21)17-10-8-16(3)9-11-17/h4-11,13-14H,1,12H2,2-3H3. The topological polar surface area (TPSA) is 29.6 Å². The Kier molecular flexibility index (Phi) is 5.58. The zero-order valence-electron chi connectivity index (χ0n) is 14.8. The first kappa shape index (κ1) is 18.0. The quantitative estimate of drug-likeness (QED) is 0.449. The highest BCUT2D eigenvalue weighted by atomic mass is 32.1. The van der Waals surface area contributed by atoms with Crippen LogP contribution < -0.4 is 4.80 Å². The molecule has 0 fully saturated rings. The Morgan fingerprint density at radius 3 is 2.62 bits per heavy atom. The van der Waals surface area contributed by atoms with Gasteiger partial charge in [0.15, 0.2) is 0 Å². The summed E-state index contributed by atoms with van der Waals surface area (Å²) in [5.41, 5.74) is 4.56. The van der Waals surface area contributed by atoms with Crippen LogP contribution in [0, 0.1) is 12.7 Å². The maximum absolute atomic E-state index is 13.9. The van der Waals surface area contributed by atoms with Gasteiger partial charge in [0.2, 0.25) is 4.80 Å². The maximum Gasteiger partial charge on any atom is 0.206 e. The van der Waals surface area contributed by atoms with E-state index < -0.39 is 0 Å². The third-order valence-corrected chi connectivity index (χ3v) is 4.59. The SMILES string of the molecule is C=C(C)CN=c1scc(-c2ccc(C)cc2)n1N=Cc1ccccc1F. The maximum atomic E-state index is 13.9. The number of thiazole rings is 1. The van der Waals surface area contributed by atoms with Gasteiger partial charge in [-0.05, 0) is 19.9 Å². The lowest BCUT2D eigenvalue weighted by Gasteiger charge is -2.04. The van der Waals surface area contributed by atoms with E-state index in [1.165, 1.54) is 29.2 Å². The Balaban J connectivity index is 2.09. The van der Waals surface area contributed by atoms with Crippen LogP contribution in [0.2, 0.25) is 0 Å². The Labute approximate surface area is 156 Å². The molecule has 132 valence electrons. The summed E-state index contributed by atoms with van der Waals surface area (Å²) in [6.45, 7) is 8.41. The lowest BCUT2D eigenvalue weighted by molar-refractivity contribution is 0.625. The van der Waals surface area contributed by atoms with Gasteiger partial charge in [-0.25, -0.2) is 9.07 Å². The smallest absolute Gasteiger partial charge is 0.206 e. The zero-order chi connectivity index (χ0) is 18.5. The molecule has 5 heteroatoms. The van der Waals surface area contributed by atoms with Crippen LogP contribution in [-0.2, 0) is 0 Å². The predicted octanol–water partition coefficient (Wildman–Crippen LogP) is 5.02. The molecule has 0 unspecified atom stereocenters. The van der Waals surface area contributed by atoms with Crippen molar-refractivity contribution in [3.05, 3.63) is 87.8 Å². The molecule has 1 heterocycles. The fourth-order valence-corrected chi connectivity index (χ4v) is 3.18. The van der Waals surface area contributed by atoms with Crippen molar-refractivity contribution in [2.75, 3.05) is 6.54 Å². The van der Waals surface area contributed by atoms with E-state index in [9.17, 15) is 4.39 Å². The van der Waals surface area contributed by atoms with Crippen LogP contribution in [-0.4, -0.2) is 17.4 Å². The normalized spacial score (nSPS) is 12.0. The summed E-state index contributed by atoms with van der Waals surface area (Å²) in [6.07, 6.45) is 1.53. The predicted molar refractivity (Wildman–Crippen MR) is 107 cm³/mol. The summed E-state index contributed by atoms with van der Waals surface area (Å²) in [7, 11) is 0. The molecule has 0 spiro atoms. The zero-order valence-corrected chi connectivity index (χ0v) is 15.6. The molecule has 0 saturated carbocycles. The summed E-state index contributed by atoms with van der Waals surface area (Å²) >= 11 is 1.50. The highest BCUT2D eigenvalue weighted by molar-refractivity contribution is 7.07. The van der Waals surface area contributed by atoms with E-state index in [1.54, 1.807) is 22.9 Å². The van der Waals surface area contributed by atoms with Crippen LogP contribution in [0.3, 0.4) is 0 Å². The minimum Gasteiger partial charge on any atom is -0.253 e. The molecule has 0 saturated heterocycles. The Morgan fingerprint density at radius 1 is 1.19 bits per heavy atom. The molecule has 0 amide bonds. The van der Waals surface area contributed by atoms with Crippen molar-refractivity contribution in [1.29, 1.82) is 0 Å². The van der Waals surface area contributed by atoms with Gasteiger partial charge in [-0.15, -0.1) is 11.3 Å². The van der Waals surface area contributed by atoms with Gasteiger partial charge in [0.05, 0.1) is 18.5 Å². The third-order valence-electron chi connectivity index (χ3n) is 3.73. The second-order valence-corrected chi connectivity index (χ2v) is 6.96. The second-order valence-electron chi connectivity index (χ2n) is 6.12. The molecule has 0 aliphatic carbocycles. The first-order valence-corrected chi connectivity index (χ1v) is 9.14. The van der Waals surface area contributed by atoms with Crippen molar-refractivity contribution >= 4 is 17.6 Å². The highest BCUT2D eigenvalue weighted by Gasteiger charge is 2.07. The highest BCUT2D eigenvalue weighted by Crippen LogP contribution is 2.20. The number of hydrogen-bond acceptors (Lipinski definition) is 3. The van der Waals surface area contributed by atoms with Crippen LogP contribution in [0.15, 0.2) is 76.2 Å². The molecule has 0 atom stereocenters. The van der Waals surface area contributed by atoms with Gasteiger partial charge < -0.3 is 0 Å². The van der Waals surface area contributed by atoms with Crippen LogP contribution in [0.5, 0.6) is 0 Å². The number of hydrogen-bond donors (Lipinski definition) is 0. The molecule has 3 rings (SSSR count). The monoisotopic (exact) mass is 365 g/mol. The van der Waals surface area contributed by atoms with Crippen molar-refractivity contribution < 1.29 is 4.39 Å². The molecule has 3 aromatic rings. The van der Waals surface area contributed by atoms with Gasteiger partial charge in [0.25, 0.3) is 0 Å². The number of aromatic nitrogens is 1. The molecule has 3 nitrogen and oxygen atoms in total. The number of halogens is 1. The molecular formula is C21H20FN3S. The van der Waals surface area contributed by atoms with Gasteiger partial charge >= 0.3 is 0 Å². The van der Waals surface area contributed by atoms with Crippen molar-refractivity contribution in [2.45, 2.75) is 13.8 Å². The fourth-order valence-electron chi connectivity index (χ4n) is 2.34. The molecule has 0 radical (unpaired) electrons. The molecule has 0 aliphatic heterocycles. The second kappa shape index (κ2) is 8.06. The summed E-state index contributed by atoms with van der Waals surface area (Å²) < 4.78 is 15.7. The Morgan fingerprint density at radius 2 is 1.92 bits per heavy atom. The van der Waals surface area contributed by atoms with Crippen molar-refractivity contribution in [3.8, 4) is 11.3 Å². The van der Waals surface area contributed by atoms with E-state index in [0.717, 1.165) is 21.6 Å². The van der Waals surface area contributed by atoms with E-state index in [0.29, 0.717) is 12.1 Å². The van der Waals surface area contributed by atoms with Crippen molar-refractivity contribution in [2.24, 2.45) is 10.1 Å². The Hall–Kier alpha value is -2.79. The van der Waals surface area contributed by atoms with E-state index in [4.69, 9.17) is 0 Å². The van der Waals surface area contributed by atoms with Crippen LogP contribution in [0.25, 0.3) is 11.3 Å². The van der Waals surface area contributed by atoms with E-state index in [2.05, 4.69) is 47.9 Å². The third kappa shape index (κ3) is 4.24. The molecule has 1 aromatic heterocycles. The van der Waals surface area contributed by atoms with Crippen LogP contribution >= 0.6 is 11.3 Å². The summed E-state index contributed by atoms with van der Waals surface area (Å²) in [6, 6.07) is 14.8. The molecule has 0 bridgehead atoms. The number of nitrogens with zero attached hydrogens (tertiary/aromatic N) is 3.